The molecule has 6 atom stereocenters. The average molecular weight is 447 g/mol. The van der Waals surface area contributed by atoms with E-state index in [2.05, 4.69) is 0 Å². The predicted octanol–water partition coefficient (Wildman–Crippen LogP) is -0.0181. The van der Waals surface area contributed by atoms with Crippen LogP contribution in [-0.2, 0) is 57.2 Å². The molecule has 1 aliphatic heterocycles. The average Bonchev–Trinajstić information content (AvgIpc) is 2.62. The fraction of sp³-hybridized carbons (Fsp3) is 0.684. The van der Waals surface area contributed by atoms with Crippen LogP contribution in [0.4, 0.5) is 0 Å². The lowest BCUT2D eigenvalue weighted by Crippen LogP contribution is -2.63. The molecule has 1 saturated heterocycles. The number of esters is 5. The fourth-order valence-corrected chi connectivity index (χ4v) is 2.66. The van der Waals surface area contributed by atoms with E-state index in [0.717, 1.165) is 27.7 Å². The fourth-order valence-electron chi connectivity index (χ4n) is 2.66. The second-order valence-electron chi connectivity index (χ2n) is 6.61. The minimum absolute atomic E-state index is 0.450. The first-order valence-electron chi connectivity index (χ1n) is 9.82. The maximum atomic E-state index is 12.4. The second kappa shape index (κ2) is 12.0. The third-order valence-electron chi connectivity index (χ3n) is 3.74. The van der Waals surface area contributed by atoms with Gasteiger partial charge >= 0.3 is 29.8 Å². The summed E-state index contributed by atoms with van der Waals surface area (Å²) in [5.41, 5.74) is 0. The van der Waals surface area contributed by atoms with Crippen LogP contribution in [0.1, 0.15) is 48.8 Å². The third-order valence-corrected chi connectivity index (χ3v) is 3.74. The van der Waals surface area contributed by atoms with Gasteiger partial charge in [-0.1, -0.05) is 0 Å². The molecule has 12 heteroatoms. The summed E-state index contributed by atoms with van der Waals surface area (Å²) < 4.78 is 38.8. The van der Waals surface area contributed by atoms with Gasteiger partial charge in [0.05, 0.1) is 6.40 Å². The van der Waals surface area contributed by atoms with Crippen LogP contribution in [0.2, 0.25) is 0 Å². The molecule has 174 valence electrons. The largest absolute Gasteiger partial charge is 0.463 e. The Morgan fingerprint density at radius 1 is 0.742 bits per heavy atom. The van der Waals surface area contributed by atoms with Gasteiger partial charge in [-0.2, -0.15) is 0 Å². The van der Waals surface area contributed by atoms with Crippen molar-refractivity contribution in [2.45, 2.75) is 78.1 Å². The molecule has 0 bridgehead atoms. The van der Waals surface area contributed by atoms with Gasteiger partial charge in [-0.25, -0.2) is 0 Å². The van der Waals surface area contributed by atoms with E-state index < -0.39 is 85.8 Å². The van der Waals surface area contributed by atoms with Gasteiger partial charge in [0.15, 0.2) is 12.2 Å². The van der Waals surface area contributed by atoms with Gasteiger partial charge in [0.1, 0.15) is 18.5 Å². The zero-order valence-corrected chi connectivity index (χ0v) is 17.8. The topological polar surface area (TPSA) is 158 Å². The molecule has 12 nitrogen and oxygen atoms in total. The molecule has 2 unspecified atom stereocenters. The smallest absolute Gasteiger partial charge is 0.306 e. The molecular formula is C19H26O12. The Morgan fingerprint density at radius 2 is 1.29 bits per heavy atom. The molecule has 1 fully saturated rings. The van der Waals surface area contributed by atoms with E-state index >= 15 is 0 Å². The van der Waals surface area contributed by atoms with Crippen LogP contribution < -0.4 is 0 Å². The standard InChI is InChI=1S/C19H26O12/c1-9(20)6-7-15(25)31-18-17(28-12(4)23)16(27-11(3)22)14(8-26-10(2)21)30-19(18)29-13(5)24/h14,16-19H,6-8H2,1-5H3/t14-,16+,17+,18-,19?/m1/s1/i7D/t7?,14-,16+,17+,18-,19?. The monoisotopic (exact) mass is 447 g/mol. The highest BCUT2D eigenvalue weighted by Gasteiger charge is 2.53. The Kier molecular flexibility index (Phi) is 9.38. The maximum absolute atomic E-state index is 12.4. The van der Waals surface area contributed by atoms with Gasteiger partial charge < -0.3 is 33.2 Å². The predicted molar refractivity (Wildman–Crippen MR) is 98.0 cm³/mol. The molecule has 0 aromatic rings. The van der Waals surface area contributed by atoms with E-state index in [-0.39, 0.29) is 0 Å². The SMILES string of the molecule is [2H]C(CC(C)=O)C(=O)O[C@H]1C(OC(C)=O)O[C@H](COC(C)=O)[C@H](OC(C)=O)[C@@H]1OC(C)=O. The first kappa shape index (κ1) is 24.3. The molecular weight excluding hydrogens is 420 g/mol. The van der Waals surface area contributed by atoms with Crippen LogP contribution in [0, 0.1) is 0 Å². The van der Waals surface area contributed by atoms with Crippen molar-refractivity contribution < 1.29 is 58.6 Å². The van der Waals surface area contributed by atoms with Gasteiger partial charge in [0, 0.05) is 35.5 Å². The van der Waals surface area contributed by atoms with Crippen LogP contribution in [0.5, 0.6) is 0 Å². The number of hydrogen-bond acceptors (Lipinski definition) is 12. The summed E-state index contributed by atoms with van der Waals surface area (Å²) in [6.45, 7) is 4.94. The quantitative estimate of drug-likeness (QED) is 0.344. The van der Waals surface area contributed by atoms with E-state index in [9.17, 15) is 28.8 Å². The molecule has 0 spiro atoms. The maximum Gasteiger partial charge on any atom is 0.306 e. The van der Waals surface area contributed by atoms with E-state index in [1.807, 2.05) is 0 Å². The summed E-state index contributed by atoms with van der Waals surface area (Å²) in [7, 11) is 0. The van der Waals surface area contributed by atoms with Gasteiger partial charge in [-0.05, 0) is 6.92 Å². The summed E-state index contributed by atoms with van der Waals surface area (Å²) in [6.07, 6.45) is -9.65. The first-order chi connectivity index (χ1) is 14.8. The number of ether oxygens (including phenoxy) is 6. The van der Waals surface area contributed by atoms with Crippen molar-refractivity contribution in [3.8, 4) is 0 Å². The molecule has 0 radical (unpaired) electrons. The molecule has 1 rings (SSSR count). The highest BCUT2D eigenvalue weighted by atomic mass is 16.7. The minimum Gasteiger partial charge on any atom is -0.463 e. The highest BCUT2D eigenvalue weighted by Crippen LogP contribution is 2.30. The van der Waals surface area contributed by atoms with Gasteiger partial charge in [0.25, 0.3) is 0 Å². The molecule has 1 heterocycles. The van der Waals surface area contributed by atoms with Crippen LogP contribution >= 0.6 is 0 Å². The van der Waals surface area contributed by atoms with Crippen molar-refractivity contribution >= 4 is 35.6 Å². The zero-order chi connectivity index (χ0) is 24.6. The summed E-state index contributed by atoms with van der Waals surface area (Å²) in [4.78, 5) is 69.8. The minimum atomic E-state index is -1.67. The van der Waals surface area contributed by atoms with Crippen molar-refractivity contribution in [3.05, 3.63) is 0 Å². The Labute approximate surface area is 179 Å². The van der Waals surface area contributed by atoms with Gasteiger partial charge in [-0.3, -0.25) is 24.0 Å². The number of carbonyl (C=O) groups excluding carboxylic acids is 6. The molecule has 0 N–H and O–H groups in total. The summed E-state index contributed by atoms with van der Waals surface area (Å²) in [5.74, 6) is -4.89. The van der Waals surface area contributed by atoms with Crippen molar-refractivity contribution in [3.63, 3.8) is 0 Å². The molecule has 31 heavy (non-hydrogen) atoms. The lowest BCUT2D eigenvalue weighted by atomic mass is 9.98. The lowest BCUT2D eigenvalue weighted by Gasteiger charge is -2.43. The van der Waals surface area contributed by atoms with E-state index in [1.54, 1.807) is 0 Å². The van der Waals surface area contributed by atoms with E-state index in [0.29, 0.717) is 0 Å². The Bertz CT molecular complexity index is 751. The number of rotatable bonds is 9. The van der Waals surface area contributed by atoms with E-state index in [4.69, 9.17) is 29.8 Å². The molecule has 1 aliphatic rings. The lowest BCUT2D eigenvalue weighted by molar-refractivity contribution is -0.300. The molecule has 0 amide bonds. The van der Waals surface area contributed by atoms with Crippen molar-refractivity contribution in [2.75, 3.05) is 6.61 Å². The van der Waals surface area contributed by atoms with Crippen molar-refractivity contribution in [1.82, 2.24) is 0 Å². The third kappa shape index (κ3) is 9.11. The number of carbonyl (C=O) groups is 6. The van der Waals surface area contributed by atoms with Crippen molar-refractivity contribution in [2.24, 2.45) is 0 Å². The van der Waals surface area contributed by atoms with Crippen molar-refractivity contribution in [1.29, 1.82) is 0 Å². The van der Waals surface area contributed by atoms with Gasteiger partial charge in [0.2, 0.25) is 12.4 Å². The normalized spacial score (nSPS) is 26.5. The summed E-state index contributed by atoms with van der Waals surface area (Å²) >= 11 is 0. The number of ketones is 1. The summed E-state index contributed by atoms with van der Waals surface area (Å²) in [5, 5.41) is 0. The highest BCUT2D eigenvalue weighted by molar-refractivity contribution is 5.81. The molecule has 0 saturated carbocycles. The zero-order valence-electron chi connectivity index (χ0n) is 18.8. The molecule has 0 aromatic heterocycles. The first-order valence-corrected chi connectivity index (χ1v) is 9.24. The van der Waals surface area contributed by atoms with Gasteiger partial charge in [-0.15, -0.1) is 0 Å². The van der Waals surface area contributed by atoms with Crippen LogP contribution in [0.3, 0.4) is 0 Å². The summed E-state index contributed by atoms with van der Waals surface area (Å²) in [6, 6.07) is 0. The molecule has 0 aliphatic carbocycles. The number of Topliss-reactive ketones (excluding diaryl/α,β-unsaturated/α-hetero) is 1. The Morgan fingerprint density at radius 3 is 1.77 bits per heavy atom. The Balaban J connectivity index is 3.35. The van der Waals surface area contributed by atoms with Crippen LogP contribution in [-0.4, -0.2) is 72.9 Å². The van der Waals surface area contributed by atoms with E-state index in [1.165, 1.54) is 6.92 Å². The second-order valence-corrected chi connectivity index (χ2v) is 6.61. The number of hydrogen-bond donors (Lipinski definition) is 0. The Hall–Kier alpha value is -3.02. The molecule has 0 aromatic carbocycles. The van der Waals surface area contributed by atoms with Crippen LogP contribution in [0.15, 0.2) is 0 Å². The van der Waals surface area contributed by atoms with Crippen LogP contribution in [0.25, 0.3) is 0 Å².